The maximum Gasteiger partial charge on any atom is 0.307 e. The van der Waals surface area contributed by atoms with Crippen LogP contribution >= 0.6 is 0 Å². The molecule has 2 aromatic rings. The monoisotopic (exact) mass is 415 g/mol. The molecule has 6 nitrogen and oxygen atoms in total. The van der Waals surface area contributed by atoms with Crippen molar-refractivity contribution in [3.63, 3.8) is 0 Å². The van der Waals surface area contributed by atoms with Crippen molar-refractivity contribution in [3.8, 4) is 0 Å². The van der Waals surface area contributed by atoms with Gasteiger partial charge >= 0.3 is 5.97 Å². The number of fused-ring (bicyclic) bond motifs is 1. The summed E-state index contributed by atoms with van der Waals surface area (Å²) in [4.78, 5) is 31.7. The van der Waals surface area contributed by atoms with E-state index in [-0.39, 0.29) is 44.3 Å². The first-order chi connectivity index (χ1) is 14.2. The fourth-order valence-electron chi connectivity index (χ4n) is 4.15. The van der Waals surface area contributed by atoms with Crippen molar-refractivity contribution < 1.29 is 23.5 Å². The molecule has 4 rings (SSSR count). The number of carbonyl (C=O) groups is 2. The molecule has 1 aromatic heterocycles. The van der Waals surface area contributed by atoms with Crippen LogP contribution in [0.25, 0.3) is 0 Å². The topological polar surface area (TPSA) is 73.7 Å². The average molecular weight is 415 g/mol. The van der Waals surface area contributed by atoms with Gasteiger partial charge in [-0.05, 0) is 42.7 Å². The highest BCUT2D eigenvalue weighted by molar-refractivity contribution is 5.94. The molecule has 1 N–H and O–H groups in total. The lowest BCUT2D eigenvalue weighted by Crippen LogP contribution is -2.42. The molecule has 2 aliphatic heterocycles. The SMILES string of the molecule is CC1Cc2cc(C(=O)N3CCC(F)(F)CC3)cnc2N1c1ccc(CC(=O)O)cc1. The first-order valence-electron chi connectivity index (χ1n) is 9.99. The second-order valence-electron chi connectivity index (χ2n) is 8.01. The molecule has 158 valence electrons. The Hall–Kier alpha value is -3.03. The Labute approximate surface area is 173 Å². The van der Waals surface area contributed by atoms with E-state index in [1.807, 2.05) is 18.2 Å². The lowest BCUT2D eigenvalue weighted by molar-refractivity contribution is -0.136. The number of halogens is 2. The number of amides is 1. The van der Waals surface area contributed by atoms with Gasteiger partial charge in [0.1, 0.15) is 5.82 Å². The van der Waals surface area contributed by atoms with Gasteiger partial charge in [0, 0.05) is 43.9 Å². The number of hydrogen-bond donors (Lipinski definition) is 1. The fraction of sp³-hybridized carbons (Fsp3) is 0.409. The maximum atomic E-state index is 13.4. The molecule has 2 aliphatic rings. The summed E-state index contributed by atoms with van der Waals surface area (Å²) in [6, 6.07) is 9.26. The number of rotatable bonds is 4. The molecular formula is C22H23F2N3O3. The summed E-state index contributed by atoms with van der Waals surface area (Å²) in [7, 11) is 0. The minimum atomic E-state index is -2.69. The zero-order valence-electron chi connectivity index (χ0n) is 16.6. The Bertz CT molecular complexity index is 968. The number of pyridine rings is 1. The molecule has 1 fully saturated rings. The van der Waals surface area contributed by atoms with Gasteiger partial charge in [-0.25, -0.2) is 13.8 Å². The van der Waals surface area contributed by atoms with Gasteiger partial charge in [0.05, 0.1) is 12.0 Å². The lowest BCUT2D eigenvalue weighted by Gasteiger charge is -2.31. The second-order valence-corrected chi connectivity index (χ2v) is 8.01. The molecule has 1 aromatic carbocycles. The average Bonchev–Trinajstić information content (AvgIpc) is 3.02. The number of likely N-dealkylation sites (tertiary alicyclic amines) is 1. The number of carbonyl (C=O) groups excluding carboxylic acids is 1. The Morgan fingerprint density at radius 2 is 1.87 bits per heavy atom. The smallest absolute Gasteiger partial charge is 0.307 e. The van der Waals surface area contributed by atoms with Crippen LogP contribution in [0, 0.1) is 0 Å². The molecule has 30 heavy (non-hydrogen) atoms. The van der Waals surface area contributed by atoms with Gasteiger partial charge in [-0.3, -0.25) is 9.59 Å². The van der Waals surface area contributed by atoms with E-state index in [1.54, 1.807) is 12.1 Å². The Morgan fingerprint density at radius 3 is 2.50 bits per heavy atom. The van der Waals surface area contributed by atoms with Gasteiger partial charge in [0.25, 0.3) is 11.8 Å². The van der Waals surface area contributed by atoms with Crippen LogP contribution in [0.15, 0.2) is 36.5 Å². The molecule has 0 bridgehead atoms. The molecule has 8 heteroatoms. The summed E-state index contributed by atoms with van der Waals surface area (Å²) in [5.74, 6) is -3.07. The van der Waals surface area contributed by atoms with Crippen molar-refractivity contribution in [2.75, 3.05) is 18.0 Å². The standard InChI is InChI=1S/C22H23F2N3O3/c1-14-10-16-12-17(21(30)26-8-6-22(23,24)7-9-26)13-25-20(16)27(14)18-4-2-15(3-5-18)11-19(28)29/h2-5,12-14H,6-11H2,1H3,(H,28,29). The molecule has 3 heterocycles. The molecule has 1 unspecified atom stereocenters. The van der Waals surface area contributed by atoms with Crippen LogP contribution in [0.4, 0.5) is 20.3 Å². The first-order valence-corrected chi connectivity index (χ1v) is 9.99. The highest BCUT2D eigenvalue weighted by atomic mass is 19.3. The van der Waals surface area contributed by atoms with Gasteiger partial charge in [-0.2, -0.15) is 0 Å². The summed E-state index contributed by atoms with van der Waals surface area (Å²) in [5, 5.41) is 8.92. The number of alkyl halides is 2. The van der Waals surface area contributed by atoms with Crippen molar-refractivity contribution >= 4 is 23.4 Å². The van der Waals surface area contributed by atoms with Crippen LogP contribution in [0.2, 0.25) is 0 Å². The number of aromatic nitrogens is 1. The normalized spacial score (nSPS) is 20.2. The van der Waals surface area contributed by atoms with E-state index in [4.69, 9.17) is 5.11 Å². The number of nitrogens with zero attached hydrogens (tertiary/aromatic N) is 3. The maximum absolute atomic E-state index is 13.4. The van der Waals surface area contributed by atoms with E-state index in [0.717, 1.165) is 22.6 Å². The van der Waals surface area contributed by atoms with E-state index in [9.17, 15) is 18.4 Å². The summed E-state index contributed by atoms with van der Waals surface area (Å²) in [6.45, 7) is 2.16. The zero-order valence-corrected chi connectivity index (χ0v) is 16.6. The quantitative estimate of drug-likeness (QED) is 0.825. The number of carboxylic acid groups (broad SMARTS) is 1. The molecule has 0 radical (unpaired) electrons. The number of piperidine rings is 1. The second kappa shape index (κ2) is 7.66. The fourth-order valence-corrected chi connectivity index (χ4v) is 4.15. The Kier molecular flexibility index (Phi) is 5.17. The van der Waals surface area contributed by atoms with E-state index in [2.05, 4.69) is 16.8 Å². The molecule has 0 saturated carbocycles. The van der Waals surface area contributed by atoms with E-state index in [1.165, 1.54) is 11.1 Å². The van der Waals surface area contributed by atoms with Crippen LogP contribution < -0.4 is 4.90 Å². The Morgan fingerprint density at radius 1 is 1.20 bits per heavy atom. The Balaban J connectivity index is 1.53. The van der Waals surface area contributed by atoms with Gasteiger partial charge in [-0.15, -0.1) is 0 Å². The number of hydrogen-bond acceptors (Lipinski definition) is 4. The molecule has 1 saturated heterocycles. The molecular weight excluding hydrogens is 392 g/mol. The van der Waals surface area contributed by atoms with Crippen LogP contribution in [-0.2, 0) is 17.6 Å². The highest BCUT2D eigenvalue weighted by Gasteiger charge is 2.36. The van der Waals surface area contributed by atoms with Crippen molar-refractivity contribution in [1.29, 1.82) is 0 Å². The minimum absolute atomic E-state index is 0.0292. The van der Waals surface area contributed by atoms with Crippen LogP contribution in [0.5, 0.6) is 0 Å². The third-order valence-electron chi connectivity index (χ3n) is 5.73. The van der Waals surface area contributed by atoms with Crippen LogP contribution in [0.1, 0.15) is 41.3 Å². The molecule has 1 atom stereocenters. The molecule has 1 amide bonds. The largest absolute Gasteiger partial charge is 0.481 e. The minimum Gasteiger partial charge on any atom is -0.481 e. The summed E-state index contributed by atoms with van der Waals surface area (Å²) >= 11 is 0. The number of aliphatic carboxylic acids is 1. The predicted molar refractivity (Wildman–Crippen MR) is 107 cm³/mol. The summed E-state index contributed by atoms with van der Waals surface area (Å²) in [6.07, 6.45) is 1.58. The van der Waals surface area contributed by atoms with Gasteiger partial charge < -0.3 is 14.9 Å². The van der Waals surface area contributed by atoms with Gasteiger partial charge in [-0.1, -0.05) is 12.1 Å². The molecule has 0 spiro atoms. The first kappa shape index (κ1) is 20.3. The van der Waals surface area contributed by atoms with Crippen molar-refractivity contribution in [2.24, 2.45) is 0 Å². The lowest BCUT2D eigenvalue weighted by atomic mass is 10.0. The van der Waals surface area contributed by atoms with Crippen molar-refractivity contribution in [3.05, 3.63) is 53.2 Å². The molecule has 0 aliphatic carbocycles. The predicted octanol–water partition coefficient (Wildman–Crippen LogP) is 3.66. The van der Waals surface area contributed by atoms with Gasteiger partial charge in [0.15, 0.2) is 0 Å². The van der Waals surface area contributed by atoms with Crippen molar-refractivity contribution in [2.45, 2.75) is 44.6 Å². The third-order valence-corrected chi connectivity index (χ3v) is 5.73. The van der Waals surface area contributed by atoms with E-state index in [0.29, 0.717) is 12.0 Å². The zero-order chi connectivity index (χ0) is 21.5. The van der Waals surface area contributed by atoms with Crippen LogP contribution in [-0.4, -0.2) is 51.9 Å². The number of anilines is 2. The highest BCUT2D eigenvalue weighted by Crippen LogP contribution is 2.37. The number of carboxylic acids is 1. The van der Waals surface area contributed by atoms with Crippen molar-refractivity contribution in [1.82, 2.24) is 9.88 Å². The van der Waals surface area contributed by atoms with Gasteiger partial charge in [0.2, 0.25) is 0 Å². The third kappa shape index (κ3) is 3.99. The van der Waals surface area contributed by atoms with Crippen LogP contribution in [0.3, 0.4) is 0 Å². The van der Waals surface area contributed by atoms with E-state index < -0.39 is 11.9 Å². The summed E-state index contributed by atoms with van der Waals surface area (Å²) < 4.78 is 26.7. The van der Waals surface area contributed by atoms with E-state index >= 15 is 0 Å². The summed E-state index contributed by atoms with van der Waals surface area (Å²) in [5.41, 5.74) is 2.98. The number of benzene rings is 1.